The van der Waals surface area contributed by atoms with E-state index in [-0.39, 0.29) is 27.0 Å². The molecule has 0 aliphatic rings. The van der Waals surface area contributed by atoms with Crippen molar-refractivity contribution < 1.29 is 14.6 Å². The first-order chi connectivity index (χ1) is 9.00. The zero-order valence-electron chi connectivity index (χ0n) is 9.56. The van der Waals surface area contributed by atoms with Crippen LogP contribution in [0, 0.1) is 0 Å². The maximum atomic E-state index is 11.0. The number of benzene rings is 2. The molecule has 0 aliphatic carbocycles. The lowest BCUT2D eigenvalue weighted by atomic mass is 10.2. The van der Waals surface area contributed by atoms with Gasteiger partial charge in [-0.3, -0.25) is 0 Å². The molecule has 19 heavy (non-hydrogen) atoms. The topological polar surface area (TPSA) is 72.6 Å². The minimum Gasteiger partial charge on any atom is -0.478 e. The average Bonchev–Trinajstić information content (AvgIpc) is 2.40. The SMILES string of the molecule is Nc1c(Cl)c(C(=O)O)cc(Cl)c1Oc1ccccc1. The molecule has 0 heterocycles. The Morgan fingerprint density at radius 3 is 2.42 bits per heavy atom. The molecular formula is C13H9Cl2NO3. The van der Waals surface area contributed by atoms with E-state index < -0.39 is 5.97 Å². The molecule has 0 aliphatic heterocycles. The molecule has 6 heteroatoms. The van der Waals surface area contributed by atoms with Crippen LogP contribution >= 0.6 is 23.2 Å². The molecule has 0 amide bonds. The largest absolute Gasteiger partial charge is 0.478 e. The number of carboxylic acids is 1. The summed E-state index contributed by atoms with van der Waals surface area (Å²) < 4.78 is 5.52. The number of halogens is 2. The Hall–Kier alpha value is -1.91. The minimum atomic E-state index is -1.20. The van der Waals surface area contributed by atoms with E-state index in [1.807, 2.05) is 6.07 Å². The first kappa shape index (κ1) is 13.5. The standard InChI is InChI=1S/C13H9Cl2NO3/c14-9-6-8(13(17)18)10(15)11(16)12(9)19-7-4-2-1-3-5-7/h1-6H,16H2,(H,17,18). The summed E-state index contributed by atoms with van der Waals surface area (Å²) in [7, 11) is 0. The highest BCUT2D eigenvalue weighted by Crippen LogP contribution is 2.41. The summed E-state index contributed by atoms with van der Waals surface area (Å²) in [4.78, 5) is 11.0. The van der Waals surface area contributed by atoms with E-state index in [9.17, 15) is 4.79 Å². The van der Waals surface area contributed by atoms with Gasteiger partial charge in [-0.1, -0.05) is 41.4 Å². The molecule has 0 saturated carbocycles. The van der Waals surface area contributed by atoms with Gasteiger partial charge in [-0.25, -0.2) is 4.79 Å². The second-order valence-corrected chi connectivity index (χ2v) is 4.47. The molecule has 0 unspecified atom stereocenters. The summed E-state index contributed by atoms with van der Waals surface area (Å²) in [5, 5.41) is 8.95. The molecule has 4 nitrogen and oxygen atoms in total. The smallest absolute Gasteiger partial charge is 0.337 e. The average molecular weight is 298 g/mol. The van der Waals surface area contributed by atoms with Crippen molar-refractivity contribution in [1.82, 2.24) is 0 Å². The van der Waals surface area contributed by atoms with Gasteiger partial charge >= 0.3 is 5.97 Å². The van der Waals surface area contributed by atoms with E-state index in [1.165, 1.54) is 6.07 Å². The maximum absolute atomic E-state index is 11.0. The zero-order chi connectivity index (χ0) is 14.0. The van der Waals surface area contributed by atoms with Crippen LogP contribution in [0.3, 0.4) is 0 Å². The molecule has 0 radical (unpaired) electrons. The monoisotopic (exact) mass is 297 g/mol. The number of carboxylic acid groups (broad SMARTS) is 1. The third-order valence-electron chi connectivity index (χ3n) is 2.40. The fourth-order valence-corrected chi connectivity index (χ4v) is 1.97. The molecule has 0 fully saturated rings. The molecule has 0 aromatic heterocycles. The van der Waals surface area contributed by atoms with E-state index in [4.69, 9.17) is 38.8 Å². The number of hydrogen-bond acceptors (Lipinski definition) is 3. The summed E-state index contributed by atoms with van der Waals surface area (Å²) in [6, 6.07) is 10.0. The van der Waals surface area contributed by atoms with E-state index in [1.54, 1.807) is 24.3 Å². The number of para-hydroxylation sites is 1. The van der Waals surface area contributed by atoms with Crippen molar-refractivity contribution in [3.63, 3.8) is 0 Å². The van der Waals surface area contributed by atoms with Gasteiger partial charge in [-0.2, -0.15) is 0 Å². The van der Waals surface area contributed by atoms with Crippen LogP contribution in [0.4, 0.5) is 5.69 Å². The van der Waals surface area contributed by atoms with E-state index in [0.29, 0.717) is 5.75 Å². The quantitative estimate of drug-likeness (QED) is 0.838. The third-order valence-corrected chi connectivity index (χ3v) is 3.09. The number of ether oxygens (including phenoxy) is 1. The van der Waals surface area contributed by atoms with Gasteiger partial charge < -0.3 is 15.6 Å². The van der Waals surface area contributed by atoms with Crippen molar-refractivity contribution in [3.8, 4) is 11.5 Å². The molecule has 2 rings (SSSR count). The molecule has 2 aromatic rings. The highest BCUT2D eigenvalue weighted by molar-refractivity contribution is 6.39. The molecular weight excluding hydrogens is 289 g/mol. The van der Waals surface area contributed by atoms with Crippen molar-refractivity contribution in [1.29, 1.82) is 0 Å². The zero-order valence-corrected chi connectivity index (χ0v) is 11.1. The Balaban J connectivity index is 2.48. The van der Waals surface area contributed by atoms with Crippen LogP contribution in [0.1, 0.15) is 10.4 Å². The van der Waals surface area contributed by atoms with Crippen LogP contribution < -0.4 is 10.5 Å². The highest BCUT2D eigenvalue weighted by Gasteiger charge is 2.19. The van der Waals surface area contributed by atoms with Crippen molar-refractivity contribution >= 4 is 34.9 Å². The van der Waals surface area contributed by atoms with Crippen LogP contribution in [0.25, 0.3) is 0 Å². The van der Waals surface area contributed by atoms with Gasteiger partial charge in [0.15, 0.2) is 5.75 Å². The van der Waals surface area contributed by atoms with Crippen LogP contribution in [-0.2, 0) is 0 Å². The Morgan fingerprint density at radius 2 is 1.84 bits per heavy atom. The fraction of sp³-hybridized carbons (Fsp3) is 0. The first-order valence-electron chi connectivity index (χ1n) is 5.24. The predicted molar refractivity (Wildman–Crippen MR) is 74.3 cm³/mol. The molecule has 0 saturated heterocycles. The lowest BCUT2D eigenvalue weighted by Crippen LogP contribution is -2.02. The first-order valence-corrected chi connectivity index (χ1v) is 6.00. The lowest BCUT2D eigenvalue weighted by Gasteiger charge is -2.13. The molecule has 0 atom stereocenters. The highest BCUT2D eigenvalue weighted by atomic mass is 35.5. The van der Waals surface area contributed by atoms with Gasteiger partial charge in [-0.15, -0.1) is 0 Å². The molecule has 98 valence electrons. The number of rotatable bonds is 3. The van der Waals surface area contributed by atoms with Crippen LogP contribution in [-0.4, -0.2) is 11.1 Å². The van der Waals surface area contributed by atoms with Crippen molar-refractivity contribution in [2.75, 3.05) is 5.73 Å². The Morgan fingerprint density at radius 1 is 1.21 bits per heavy atom. The van der Waals surface area contributed by atoms with E-state index in [2.05, 4.69) is 0 Å². The third kappa shape index (κ3) is 2.75. The normalized spacial score (nSPS) is 10.2. The number of aromatic carboxylic acids is 1. The summed E-state index contributed by atoms with van der Waals surface area (Å²) >= 11 is 11.9. The Labute approximate surface area is 119 Å². The van der Waals surface area contributed by atoms with Gasteiger partial charge in [0.05, 0.1) is 21.3 Å². The van der Waals surface area contributed by atoms with E-state index in [0.717, 1.165) is 0 Å². The summed E-state index contributed by atoms with van der Waals surface area (Å²) in [5.74, 6) is -0.539. The second-order valence-electron chi connectivity index (χ2n) is 3.68. The van der Waals surface area contributed by atoms with E-state index >= 15 is 0 Å². The lowest BCUT2D eigenvalue weighted by molar-refractivity contribution is 0.0697. The van der Waals surface area contributed by atoms with Crippen LogP contribution in [0.15, 0.2) is 36.4 Å². The molecule has 3 N–H and O–H groups in total. The van der Waals surface area contributed by atoms with Gasteiger partial charge in [-0.05, 0) is 18.2 Å². The molecule has 0 spiro atoms. The molecule has 0 bridgehead atoms. The summed E-state index contributed by atoms with van der Waals surface area (Å²) in [6.45, 7) is 0. The Bertz CT molecular complexity index is 630. The summed E-state index contributed by atoms with van der Waals surface area (Å²) in [6.07, 6.45) is 0. The van der Waals surface area contributed by atoms with Gasteiger partial charge in [0.25, 0.3) is 0 Å². The predicted octanol–water partition coefficient (Wildman–Crippen LogP) is 4.07. The number of nitrogens with two attached hydrogens (primary N) is 1. The molecule has 2 aromatic carbocycles. The maximum Gasteiger partial charge on any atom is 0.337 e. The van der Waals surface area contributed by atoms with Crippen LogP contribution in [0.2, 0.25) is 10.0 Å². The van der Waals surface area contributed by atoms with Crippen molar-refractivity contribution in [3.05, 3.63) is 52.0 Å². The minimum absolute atomic E-state index is 0.00424. The van der Waals surface area contributed by atoms with Crippen molar-refractivity contribution in [2.24, 2.45) is 0 Å². The number of nitrogen functional groups attached to an aromatic ring is 1. The van der Waals surface area contributed by atoms with Crippen LogP contribution in [0.5, 0.6) is 11.5 Å². The Kier molecular flexibility index (Phi) is 3.83. The summed E-state index contributed by atoms with van der Waals surface area (Å²) in [5.41, 5.74) is 5.60. The second kappa shape index (κ2) is 5.38. The van der Waals surface area contributed by atoms with Gasteiger partial charge in [0.2, 0.25) is 0 Å². The van der Waals surface area contributed by atoms with Gasteiger partial charge in [0.1, 0.15) is 5.75 Å². The van der Waals surface area contributed by atoms with Gasteiger partial charge in [0, 0.05) is 0 Å². The number of carbonyl (C=O) groups is 1. The van der Waals surface area contributed by atoms with Crippen molar-refractivity contribution in [2.45, 2.75) is 0 Å². The fourth-order valence-electron chi connectivity index (χ4n) is 1.49. The number of anilines is 1. The number of hydrogen-bond donors (Lipinski definition) is 2.